The van der Waals surface area contributed by atoms with Crippen LogP contribution in [0.5, 0.6) is 0 Å². The van der Waals surface area contributed by atoms with Gasteiger partial charge in [0.05, 0.1) is 12.2 Å². The topological polar surface area (TPSA) is 75.0 Å². The molecule has 0 aliphatic carbocycles. The fourth-order valence-electron chi connectivity index (χ4n) is 3.00. The van der Waals surface area contributed by atoms with E-state index in [2.05, 4.69) is 4.98 Å². The highest BCUT2D eigenvalue weighted by Gasteiger charge is 2.37. The van der Waals surface area contributed by atoms with Gasteiger partial charge in [-0.3, -0.25) is 23.8 Å². The predicted octanol–water partition coefficient (Wildman–Crippen LogP) is 1.97. The van der Waals surface area contributed by atoms with E-state index >= 15 is 0 Å². The summed E-state index contributed by atoms with van der Waals surface area (Å²) in [5.41, 5.74) is 2.26. The van der Waals surface area contributed by atoms with Crippen molar-refractivity contribution in [1.82, 2.24) is 14.3 Å². The van der Waals surface area contributed by atoms with Crippen LogP contribution in [0.4, 0.5) is 10.5 Å². The van der Waals surface area contributed by atoms with Crippen LogP contribution >= 0.6 is 0 Å². The molecule has 7 nitrogen and oxygen atoms in total. The molecular weight excluding hydrogens is 332 g/mol. The Hall–Kier alpha value is -3.48. The number of imide groups is 1. The lowest BCUT2D eigenvalue weighted by molar-refractivity contribution is -0.125. The molecule has 1 aromatic carbocycles. The first-order chi connectivity index (χ1) is 12.5. The Morgan fingerprint density at radius 1 is 1.04 bits per heavy atom. The first-order valence-electron chi connectivity index (χ1n) is 8.19. The molecular formula is C19H16N4O3. The predicted molar refractivity (Wildman–Crippen MR) is 95.9 cm³/mol. The van der Waals surface area contributed by atoms with Gasteiger partial charge in [0.15, 0.2) is 0 Å². The molecule has 1 fully saturated rings. The Morgan fingerprint density at radius 2 is 1.81 bits per heavy atom. The number of aromatic nitrogens is 2. The van der Waals surface area contributed by atoms with Crippen LogP contribution in [0.1, 0.15) is 11.3 Å². The molecule has 1 aliphatic heterocycles. The average Bonchev–Trinajstić information content (AvgIpc) is 2.90. The zero-order valence-electron chi connectivity index (χ0n) is 14.1. The minimum Gasteiger partial charge on any atom is -0.285 e. The number of urea groups is 1. The molecule has 1 aliphatic rings. The smallest absolute Gasteiger partial charge is 0.285 e. The fourth-order valence-corrected chi connectivity index (χ4v) is 3.00. The standard InChI is InChI=1S/C19H16N4O3/c1-13-7-8-21-16(9-13)20-14(10-17(21)24)11-23-18(25)12-22(19(23)26)15-5-3-2-4-6-15/h2-10H,11-12H2,1H3. The number of hydrogen-bond donors (Lipinski definition) is 0. The number of fused-ring (bicyclic) bond motifs is 1. The van der Waals surface area contributed by atoms with E-state index in [9.17, 15) is 14.4 Å². The summed E-state index contributed by atoms with van der Waals surface area (Å²) in [6, 6.07) is 13.6. The average molecular weight is 348 g/mol. The van der Waals surface area contributed by atoms with E-state index in [1.807, 2.05) is 31.2 Å². The number of amides is 3. The van der Waals surface area contributed by atoms with Crippen molar-refractivity contribution in [3.05, 3.63) is 76.3 Å². The van der Waals surface area contributed by atoms with Crippen LogP contribution in [0.3, 0.4) is 0 Å². The summed E-state index contributed by atoms with van der Waals surface area (Å²) in [6.07, 6.45) is 1.66. The molecule has 0 N–H and O–H groups in total. The molecule has 4 rings (SSSR count). The van der Waals surface area contributed by atoms with E-state index in [1.165, 1.54) is 15.4 Å². The number of carbonyl (C=O) groups excluding carboxylic acids is 2. The van der Waals surface area contributed by atoms with Crippen LogP contribution in [0.15, 0.2) is 59.5 Å². The largest absolute Gasteiger partial charge is 0.332 e. The monoisotopic (exact) mass is 348 g/mol. The van der Waals surface area contributed by atoms with Gasteiger partial charge in [0.1, 0.15) is 12.2 Å². The highest BCUT2D eigenvalue weighted by Crippen LogP contribution is 2.21. The lowest BCUT2D eigenvalue weighted by atomic mass is 10.3. The number of aryl methyl sites for hydroxylation is 1. The van der Waals surface area contributed by atoms with E-state index < -0.39 is 6.03 Å². The van der Waals surface area contributed by atoms with Gasteiger partial charge in [-0.1, -0.05) is 18.2 Å². The van der Waals surface area contributed by atoms with Gasteiger partial charge in [-0.05, 0) is 36.8 Å². The fraction of sp³-hybridized carbons (Fsp3) is 0.158. The summed E-state index contributed by atoms with van der Waals surface area (Å²) in [7, 11) is 0. The third kappa shape index (κ3) is 2.73. The Kier molecular flexibility index (Phi) is 3.76. The minimum absolute atomic E-state index is 0.0193. The third-order valence-electron chi connectivity index (χ3n) is 4.32. The molecule has 0 bridgehead atoms. The van der Waals surface area contributed by atoms with Crippen molar-refractivity contribution in [2.24, 2.45) is 0 Å². The number of pyridine rings is 1. The summed E-state index contributed by atoms with van der Waals surface area (Å²) < 4.78 is 1.43. The maximum Gasteiger partial charge on any atom is 0.332 e. The zero-order chi connectivity index (χ0) is 18.3. The van der Waals surface area contributed by atoms with E-state index in [1.54, 1.807) is 24.4 Å². The van der Waals surface area contributed by atoms with Crippen LogP contribution in [0.25, 0.3) is 5.65 Å². The van der Waals surface area contributed by atoms with Crippen molar-refractivity contribution in [2.75, 3.05) is 11.4 Å². The van der Waals surface area contributed by atoms with Gasteiger partial charge < -0.3 is 0 Å². The Bertz CT molecular complexity index is 1080. The molecule has 0 saturated carbocycles. The quantitative estimate of drug-likeness (QED) is 0.678. The number of nitrogens with zero attached hydrogens (tertiary/aromatic N) is 4. The van der Waals surface area contributed by atoms with Gasteiger partial charge in [0, 0.05) is 18.0 Å². The Balaban J connectivity index is 1.65. The molecule has 7 heteroatoms. The van der Waals surface area contributed by atoms with Crippen molar-refractivity contribution < 1.29 is 9.59 Å². The summed E-state index contributed by atoms with van der Waals surface area (Å²) >= 11 is 0. The summed E-state index contributed by atoms with van der Waals surface area (Å²) in [5.74, 6) is -0.315. The minimum atomic E-state index is -0.410. The van der Waals surface area contributed by atoms with Crippen LogP contribution in [0, 0.1) is 6.92 Å². The second-order valence-electron chi connectivity index (χ2n) is 6.20. The second kappa shape index (κ2) is 6.11. The van der Waals surface area contributed by atoms with E-state index in [0.717, 1.165) is 10.5 Å². The van der Waals surface area contributed by atoms with Gasteiger partial charge in [0.2, 0.25) is 0 Å². The van der Waals surface area contributed by atoms with E-state index in [-0.39, 0.29) is 24.6 Å². The van der Waals surface area contributed by atoms with Gasteiger partial charge in [-0.2, -0.15) is 0 Å². The maximum atomic E-state index is 12.6. The van der Waals surface area contributed by atoms with Crippen molar-refractivity contribution in [3.63, 3.8) is 0 Å². The summed E-state index contributed by atoms with van der Waals surface area (Å²) in [6.45, 7) is 1.86. The first-order valence-corrected chi connectivity index (χ1v) is 8.19. The van der Waals surface area contributed by atoms with Gasteiger partial charge >= 0.3 is 6.03 Å². The van der Waals surface area contributed by atoms with Crippen LogP contribution < -0.4 is 10.5 Å². The number of carbonyl (C=O) groups is 2. The number of para-hydroxylation sites is 1. The summed E-state index contributed by atoms with van der Waals surface area (Å²) in [4.78, 5) is 44.2. The molecule has 130 valence electrons. The second-order valence-corrected chi connectivity index (χ2v) is 6.20. The molecule has 0 radical (unpaired) electrons. The number of anilines is 1. The molecule has 0 spiro atoms. The van der Waals surface area contributed by atoms with Crippen molar-refractivity contribution in [1.29, 1.82) is 0 Å². The molecule has 3 heterocycles. The van der Waals surface area contributed by atoms with Crippen molar-refractivity contribution >= 4 is 23.3 Å². The Labute approximate surface area is 149 Å². The van der Waals surface area contributed by atoms with E-state index in [4.69, 9.17) is 0 Å². The lowest BCUT2D eigenvalue weighted by Crippen LogP contribution is -2.33. The number of benzene rings is 1. The normalized spacial score (nSPS) is 14.5. The third-order valence-corrected chi connectivity index (χ3v) is 4.32. The SMILES string of the molecule is Cc1ccn2c(=O)cc(CN3C(=O)CN(c4ccccc4)C3=O)nc2c1. The van der Waals surface area contributed by atoms with Crippen molar-refractivity contribution in [2.45, 2.75) is 13.5 Å². The molecule has 3 amide bonds. The molecule has 0 atom stereocenters. The van der Waals surface area contributed by atoms with Crippen LogP contribution in [-0.2, 0) is 11.3 Å². The van der Waals surface area contributed by atoms with E-state index in [0.29, 0.717) is 17.0 Å². The highest BCUT2D eigenvalue weighted by atomic mass is 16.2. The van der Waals surface area contributed by atoms with Crippen LogP contribution in [0.2, 0.25) is 0 Å². The highest BCUT2D eigenvalue weighted by molar-refractivity contribution is 6.12. The first kappa shape index (κ1) is 16.0. The zero-order valence-corrected chi connectivity index (χ0v) is 14.1. The summed E-state index contributed by atoms with van der Waals surface area (Å²) in [5, 5.41) is 0. The van der Waals surface area contributed by atoms with Gasteiger partial charge in [-0.15, -0.1) is 0 Å². The number of hydrogen-bond acceptors (Lipinski definition) is 4. The molecule has 26 heavy (non-hydrogen) atoms. The van der Waals surface area contributed by atoms with Crippen LogP contribution in [-0.4, -0.2) is 32.8 Å². The molecule has 1 saturated heterocycles. The molecule has 3 aromatic rings. The molecule has 2 aromatic heterocycles. The van der Waals surface area contributed by atoms with Gasteiger partial charge in [-0.25, -0.2) is 9.78 Å². The van der Waals surface area contributed by atoms with Crippen molar-refractivity contribution in [3.8, 4) is 0 Å². The molecule has 0 unspecified atom stereocenters. The maximum absolute atomic E-state index is 12.6. The Morgan fingerprint density at radius 3 is 2.58 bits per heavy atom. The number of rotatable bonds is 3. The lowest BCUT2D eigenvalue weighted by Gasteiger charge is -2.17. The van der Waals surface area contributed by atoms with Gasteiger partial charge in [0.25, 0.3) is 11.5 Å².